The molecule has 1 aromatic heterocycles. The van der Waals surface area contributed by atoms with Crippen LogP contribution < -0.4 is 5.32 Å². The summed E-state index contributed by atoms with van der Waals surface area (Å²) in [5.74, 6) is 2.86. The van der Waals surface area contributed by atoms with E-state index in [-0.39, 0.29) is 0 Å². The second kappa shape index (κ2) is 4.09. The highest BCUT2D eigenvalue weighted by atomic mass is 15.3. The van der Waals surface area contributed by atoms with Gasteiger partial charge in [-0.1, -0.05) is 13.8 Å². The van der Waals surface area contributed by atoms with Crippen molar-refractivity contribution < 1.29 is 0 Å². The molecule has 0 aromatic carbocycles. The van der Waals surface area contributed by atoms with E-state index in [0.29, 0.717) is 5.92 Å². The monoisotopic (exact) mass is 194 g/mol. The second-order valence-electron chi connectivity index (χ2n) is 3.82. The van der Waals surface area contributed by atoms with Gasteiger partial charge in [0.05, 0.1) is 6.54 Å². The molecular formula is C10H18N4. The Balaban J connectivity index is 2.29. The van der Waals surface area contributed by atoms with Crippen LogP contribution in [0, 0.1) is 0 Å². The lowest BCUT2D eigenvalue weighted by atomic mass is 10.0. The van der Waals surface area contributed by atoms with Crippen molar-refractivity contribution in [2.24, 2.45) is 0 Å². The fourth-order valence-electron chi connectivity index (χ4n) is 2.07. The standard InChI is InChI=1S/C10H18N4/c1-3-8(4-2)10-13-12-9-7-11-5-6-14(9)10/h8,11H,3-7H2,1-2H3. The Morgan fingerprint density at radius 2 is 2.14 bits per heavy atom. The van der Waals surface area contributed by atoms with Crippen LogP contribution in [-0.2, 0) is 13.1 Å². The minimum Gasteiger partial charge on any atom is -0.312 e. The molecule has 1 aromatic rings. The average Bonchev–Trinajstić information content (AvgIpc) is 2.65. The molecule has 0 amide bonds. The average molecular weight is 194 g/mol. The fourth-order valence-corrected chi connectivity index (χ4v) is 2.07. The third-order valence-corrected chi connectivity index (χ3v) is 3.00. The highest BCUT2D eigenvalue weighted by Crippen LogP contribution is 2.22. The van der Waals surface area contributed by atoms with Gasteiger partial charge in [0, 0.05) is 19.0 Å². The van der Waals surface area contributed by atoms with Crippen molar-refractivity contribution in [1.82, 2.24) is 20.1 Å². The lowest BCUT2D eigenvalue weighted by molar-refractivity contribution is 0.470. The maximum atomic E-state index is 4.31. The van der Waals surface area contributed by atoms with Crippen molar-refractivity contribution in [2.75, 3.05) is 6.54 Å². The van der Waals surface area contributed by atoms with Gasteiger partial charge < -0.3 is 9.88 Å². The smallest absolute Gasteiger partial charge is 0.147 e. The predicted molar refractivity (Wildman–Crippen MR) is 55.1 cm³/mol. The molecule has 0 saturated heterocycles. The van der Waals surface area contributed by atoms with E-state index in [1.165, 1.54) is 5.82 Å². The summed E-state index contributed by atoms with van der Waals surface area (Å²) in [6.07, 6.45) is 2.31. The minimum absolute atomic E-state index is 0.578. The number of nitrogens with one attached hydrogen (secondary N) is 1. The highest BCUT2D eigenvalue weighted by Gasteiger charge is 2.19. The Labute approximate surface area is 84.7 Å². The summed E-state index contributed by atoms with van der Waals surface area (Å²) in [5.41, 5.74) is 0. The van der Waals surface area contributed by atoms with Gasteiger partial charge in [-0.15, -0.1) is 10.2 Å². The molecule has 0 unspecified atom stereocenters. The Kier molecular flexibility index (Phi) is 2.82. The molecule has 2 rings (SSSR count). The molecule has 4 nitrogen and oxygen atoms in total. The summed E-state index contributed by atoms with van der Waals surface area (Å²) in [6, 6.07) is 0. The lowest BCUT2D eigenvalue weighted by Gasteiger charge is -2.19. The van der Waals surface area contributed by atoms with Gasteiger partial charge in [-0.05, 0) is 12.8 Å². The number of rotatable bonds is 3. The molecule has 0 spiro atoms. The van der Waals surface area contributed by atoms with Crippen LogP contribution in [0.5, 0.6) is 0 Å². The maximum absolute atomic E-state index is 4.31. The molecule has 2 heterocycles. The molecule has 0 saturated carbocycles. The Hall–Kier alpha value is -0.900. The number of aromatic nitrogens is 3. The number of hydrogen-bond acceptors (Lipinski definition) is 3. The topological polar surface area (TPSA) is 42.7 Å². The zero-order chi connectivity index (χ0) is 9.97. The zero-order valence-electron chi connectivity index (χ0n) is 8.95. The molecule has 0 fully saturated rings. The first kappa shape index (κ1) is 9.65. The van der Waals surface area contributed by atoms with Gasteiger partial charge in [-0.3, -0.25) is 0 Å². The maximum Gasteiger partial charge on any atom is 0.147 e. The van der Waals surface area contributed by atoms with Crippen molar-refractivity contribution in [2.45, 2.75) is 45.7 Å². The molecule has 0 atom stereocenters. The first-order valence-corrected chi connectivity index (χ1v) is 5.49. The number of fused-ring (bicyclic) bond motifs is 1. The predicted octanol–water partition coefficient (Wildman–Crippen LogP) is 1.28. The van der Waals surface area contributed by atoms with E-state index in [1.54, 1.807) is 0 Å². The van der Waals surface area contributed by atoms with Gasteiger partial charge >= 0.3 is 0 Å². The zero-order valence-corrected chi connectivity index (χ0v) is 8.95. The van der Waals surface area contributed by atoms with Crippen molar-refractivity contribution in [3.63, 3.8) is 0 Å². The molecule has 1 aliphatic rings. The van der Waals surface area contributed by atoms with Crippen molar-refractivity contribution in [3.8, 4) is 0 Å². The third kappa shape index (κ3) is 1.54. The summed E-state index contributed by atoms with van der Waals surface area (Å²) in [5, 5.41) is 11.8. The summed E-state index contributed by atoms with van der Waals surface area (Å²) in [4.78, 5) is 0. The third-order valence-electron chi connectivity index (χ3n) is 3.00. The minimum atomic E-state index is 0.578. The van der Waals surface area contributed by atoms with Crippen LogP contribution in [0.3, 0.4) is 0 Å². The summed E-state index contributed by atoms with van der Waals surface area (Å²) in [6.45, 7) is 7.37. The normalized spacial score (nSPS) is 15.9. The van der Waals surface area contributed by atoms with Gasteiger partial charge in [0.15, 0.2) is 0 Å². The molecule has 0 radical (unpaired) electrons. The molecular weight excluding hydrogens is 176 g/mol. The Bertz CT molecular complexity index is 301. The van der Waals surface area contributed by atoms with Crippen LogP contribution in [0.1, 0.15) is 44.3 Å². The first-order chi connectivity index (χ1) is 6.86. The first-order valence-electron chi connectivity index (χ1n) is 5.49. The van der Waals surface area contributed by atoms with Crippen LogP contribution in [0.4, 0.5) is 0 Å². The second-order valence-corrected chi connectivity index (χ2v) is 3.82. The molecule has 14 heavy (non-hydrogen) atoms. The van der Waals surface area contributed by atoms with Crippen molar-refractivity contribution in [3.05, 3.63) is 11.6 Å². The Morgan fingerprint density at radius 3 is 2.86 bits per heavy atom. The van der Waals surface area contributed by atoms with E-state index in [1.807, 2.05) is 0 Å². The van der Waals surface area contributed by atoms with E-state index in [4.69, 9.17) is 0 Å². The van der Waals surface area contributed by atoms with E-state index >= 15 is 0 Å². The number of hydrogen-bond donors (Lipinski definition) is 1. The van der Waals surface area contributed by atoms with Crippen molar-refractivity contribution >= 4 is 0 Å². The van der Waals surface area contributed by atoms with Crippen LogP contribution in [-0.4, -0.2) is 21.3 Å². The van der Waals surface area contributed by atoms with E-state index in [9.17, 15) is 0 Å². The molecule has 4 heteroatoms. The summed E-state index contributed by atoms with van der Waals surface area (Å²) >= 11 is 0. The summed E-state index contributed by atoms with van der Waals surface area (Å²) in [7, 11) is 0. The van der Waals surface area contributed by atoms with Gasteiger partial charge in [0.1, 0.15) is 11.6 Å². The largest absolute Gasteiger partial charge is 0.312 e. The van der Waals surface area contributed by atoms with Crippen LogP contribution in [0.25, 0.3) is 0 Å². The van der Waals surface area contributed by atoms with E-state index in [0.717, 1.165) is 38.3 Å². The lowest BCUT2D eigenvalue weighted by Crippen LogP contribution is -2.29. The van der Waals surface area contributed by atoms with E-state index < -0.39 is 0 Å². The van der Waals surface area contributed by atoms with Gasteiger partial charge in [0.2, 0.25) is 0 Å². The summed E-state index contributed by atoms with van der Waals surface area (Å²) < 4.78 is 2.29. The van der Waals surface area contributed by atoms with Crippen LogP contribution in [0.2, 0.25) is 0 Å². The fraction of sp³-hybridized carbons (Fsp3) is 0.800. The SMILES string of the molecule is CCC(CC)c1nnc2n1CCNC2. The molecule has 1 N–H and O–H groups in total. The van der Waals surface area contributed by atoms with Gasteiger partial charge in [-0.2, -0.15) is 0 Å². The van der Waals surface area contributed by atoms with Gasteiger partial charge in [0.25, 0.3) is 0 Å². The molecule has 0 aliphatic carbocycles. The highest BCUT2D eigenvalue weighted by molar-refractivity contribution is 5.03. The van der Waals surface area contributed by atoms with Crippen LogP contribution >= 0.6 is 0 Å². The number of nitrogens with zero attached hydrogens (tertiary/aromatic N) is 3. The van der Waals surface area contributed by atoms with Crippen LogP contribution in [0.15, 0.2) is 0 Å². The van der Waals surface area contributed by atoms with Crippen molar-refractivity contribution in [1.29, 1.82) is 0 Å². The Morgan fingerprint density at radius 1 is 1.36 bits per heavy atom. The molecule has 0 bridgehead atoms. The molecule has 1 aliphatic heterocycles. The van der Waals surface area contributed by atoms with Gasteiger partial charge in [-0.25, -0.2) is 0 Å². The van der Waals surface area contributed by atoms with E-state index in [2.05, 4.69) is 33.9 Å². The molecule has 78 valence electrons. The quantitative estimate of drug-likeness (QED) is 0.788.